The second-order valence-corrected chi connectivity index (χ2v) is 19.7. The van der Waals surface area contributed by atoms with E-state index in [1.165, 1.54) is 87.7 Å². The first-order valence-corrected chi connectivity index (χ1v) is 23.7. The number of fused-ring (bicyclic) bond motifs is 18. The first-order chi connectivity index (χ1) is 32.5. The van der Waals surface area contributed by atoms with Gasteiger partial charge in [-0.2, -0.15) is 0 Å². The Balaban J connectivity index is 1.03. The predicted octanol–water partition coefficient (Wildman–Crippen LogP) is 14.7. The molecule has 10 aromatic rings. The molecular formula is C62H41N3S. The van der Waals surface area contributed by atoms with Gasteiger partial charge in [0.25, 0.3) is 0 Å². The highest BCUT2D eigenvalue weighted by atomic mass is 32.2. The van der Waals surface area contributed by atoms with Crippen molar-refractivity contribution in [3.05, 3.63) is 268 Å². The van der Waals surface area contributed by atoms with Gasteiger partial charge >= 0.3 is 0 Å². The zero-order valence-electron chi connectivity index (χ0n) is 36.5. The number of hydrogen-bond acceptors (Lipinski definition) is 4. The maximum absolute atomic E-state index is 5.42. The van der Waals surface area contributed by atoms with Crippen molar-refractivity contribution in [2.45, 2.75) is 39.9 Å². The maximum atomic E-state index is 5.42. The van der Waals surface area contributed by atoms with Gasteiger partial charge in [-0.25, -0.2) is 15.0 Å². The third-order valence-corrected chi connectivity index (χ3v) is 16.2. The first-order valence-electron chi connectivity index (χ1n) is 22.9. The summed E-state index contributed by atoms with van der Waals surface area (Å²) in [5, 5.41) is 0. The molecule has 0 saturated heterocycles. The Morgan fingerprint density at radius 3 is 1.24 bits per heavy atom. The molecule has 0 amide bonds. The summed E-state index contributed by atoms with van der Waals surface area (Å²) in [7, 11) is 0. The Morgan fingerprint density at radius 1 is 0.288 bits per heavy atom. The monoisotopic (exact) mass is 859 g/mol. The fourth-order valence-electron chi connectivity index (χ4n) is 12.3. The van der Waals surface area contributed by atoms with Gasteiger partial charge in [0.1, 0.15) is 0 Å². The summed E-state index contributed by atoms with van der Waals surface area (Å²) in [4.78, 5) is 18.5. The van der Waals surface area contributed by atoms with Gasteiger partial charge in [0.15, 0.2) is 17.5 Å². The van der Waals surface area contributed by atoms with E-state index in [9.17, 15) is 0 Å². The zero-order chi connectivity index (χ0) is 43.8. The highest BCUT2D eigenvalue weighted by Crippen LogP contribution is 2.67. The fourth-order valence-corrected chi connectivity index (χ4v) is 13.5. The average Bonchev–Trinajstić information content (AvgIpc) is 3.80. The molecule has 2 heterocycles. The summed E-state index contributed by atoms with van der Waals surface area (Å²) in [6.45, 7) is 4.64. The van der Waals surface area contributed by atoms with Crippen molar-refractivity contribution in [3.8, 4) is 56.4 Å². The van der Waals surface area contributed by atoms with Crippen molar-refractivity contribution < 1.29 is 0 Å². The Kier molecular flexibility index (Phi) is 7.81. The summed E-state index contributed by atoms with van der Waals surface area (Å²) < 4.78 is 0. The molecule has 3 nitrogen and oxygen atoms in total. The fraction of sp³-hybridized carbons (Fsp3) is 0.0806. The molecule has 1 aromatic heterocycles. The van der Waals surface area contributed by atoms with Gasteiger partial charge in [-0.1, -0.05) is 214 Å². The lowest BCUT2D eigenvalue weighted by atomic mass is 9.51. The van der Waals surface area contributed by atoms with Crippen LogP contribution in [0.1, 0.15) is 69.5 Å². The smallest absolute Gasteiger partial charge is 0.164 e. The number of hydrogen-bond donors (Lipinski definition) is 0. The minimum Gasteiger partial charge on any atom is -0.208 e. The van der Waals surface area contributed by atoms with Gasteiger partial charge in [-0.05, 0) is 102 Å². The molecule has 9 aromatic carbocycles. The van der Waals surface area contributed by atoms with Gasteiger partial charge in [-0.3, -0.25) is 0 Å². The molecule has 0 bridgehead atoms. The van der Waals surface area contributed by atoms with Crippen molar-refractivity contribution in [1.82, 2.24) is 15.0 Å². The van der Waals surface area contributed by atoms with Gasteiger partial charge in [0.2, 0.25) is 0 Å². The van der Waals surface area contributed by atoms with Crippen LogP contribution in [-0.4, -0.2) is 15.0 Å². The van der Waals surface area contributed by atoms with Crippen molar-refractivity contribution in [1.29, 1.82) is 0 Å². The molecule has 4 heteroatoms. The van der Waals surface area contributed by atoms with E-state index in [4.69, 9.17) is 15.0 Å². The van der Waals surface area contributed by atoms with E-state index in [0.717, 1.165) is 16.7 Å². The summed E-state index contributed by atoms with van der Waals surface area (Å²) >= 11 is 1.86. The quantitative estimate of drug-likeness (QED) is 0.177. The number of nitrogens with zero attached hydrogens (tertiary/aromatic N) is 3. The number of benzene rings is 9. The molecular weight excluding hydrogens is 819 g/mol. The second kappa shape index (κ2) is 13.7. The van der Waals surface area contributed by atoms with E-state index in [-0.39, 0.29) is 5.41 Å². The molecule has 1 aliphatic heterocycles. The summed E-state index contributed by atoms with van der Waals surface area (Å²) in [6.07, 6.45) is 0. The van der Waals surface area contributed by atoms with E-state index in [1.54, 1.807) is 0 Å². The molecule has 14 rings (SSSR count). The van der Waals surface area contributed by atoms with Crippen molar-refractivity contribution in [2.75, 3.05) is 0 Å². The molecule has 0 N–H and O–H groups in total. The molecule has 0 fully saturated rings. The van der Waals surface area contributed by atoms with E-state index in [2.05, 4.69) is 220 Å². The summed E-state index contributed by atoms with van der Waals surface area (Å²) in [5.41, 5.74) is 19.8. The van der Waals surface area contributed by atoms with E-state index in [1.807, 2.05) is 17.8 Å². The van der Waals surface area contributed by atoms with E-state index < -0.39 is 10.8 Å². The van der Waals surface area contributed by atoms with Crippen LogP contribution in [0.15, 0.2) is 222 Å². The molecule has 0 atom stereocenters. The molecule has 0 saturated carbocycles. The normalized spacial score (nSPS) is 15.4. The molecule has 4 aliphatic rings. The Hall–Kier alpha value is -7.66. The van der Waals surface area contributed by atoms with E-state index >= 15 is 0 Å². The SMILES string of the molecule is CC1(C)c2ccccc2-c2ccc(-c3nc(-c4ccccc4)nc(-c4ccc5c(c4)C4(c6ccccc6S5)c5ccccc5C5(c6ccccc6-c6ccccc65)c5ccccc54)n3)cc21. The van der Waals surface area contributed by atoms with Gasteiger partial charge in [-0.15, -0.1) is 0 Å². The van der Waals surface area contributed by atoms with Crippen LogP contribution in [0, 0.1) is 0 Å². The topological polar surface area (TPSA) is 38.7 Å². The zero-order valence-corrected chi connectivity index (χ0v) is 37.3. The van der Waals surface area contributed by atoms with Crippen LogP contribution < -0.4 is 0 Å². The van der Waals surface area contributed by atoms with Crippen molar-refractivity contribution >= 4 is 11.8 Å². The standard InChI is InChI=1S/C62H41N3S/c1-60(2)45-23-9-6-20-41(45)44-34-32-39(36-53(44)60)58-63-57(38-18-4-3-5-19-38)64-59(65-58)40-33-35-56-54(37-40)62(52-30-16-17-31-55(52)66-56)50-28-14-12-26-48(50)61(49-27-13-15-29-51(49)62)46-24-10-7-21-42(46)43-22-8-11-25-47(43)61/h3-37H,1-2H3. The lowest BCUT2D eigenvalue weighted by molar-refractivity contribution is 0.606. The van der Waals surface area contributed by atoms with Crippen LogP contribution in [0.5, 0.6) is 0 Å². The average molecular weight is 860 g/mol. The minimum atomic E-state index is -0.656. The predicted molar refractivity (Wildman–Crippen MR) is 267 cm³/mol. The van der Waals surface area contributed by atoms with Crippen LogP contribution in [0.4, 0.5) is 0 Å². The molecule has 0 unspecified atom stereocenters. The second-order valence-electron chi connectivity index (χ2n) is 18.6. The van der Waals surface area contributed by atoms with Crippen LogP contribution in [0.2, 0.25) is 0 Å². The Labute approximate surface area is 389 Å². The van der Waals surface area contributed by atoms with Crippen LogP contribution in [0.3, 0.4) is 0 Å². The molecule has 2 spiro atoms. The molecule has 66 heavy (non-hydrogen) atoms. The highest BCUT2D eigenvalue weighted by Gasteiger charge is 2.58. The van der Waals surface area contributed by atoms with Crippen LogP contribution in [-0.2, 0) is 16.2 Å². The highest BCUT2D eigenvalue weighted by molar-refractivity contribution is 7.99. The maximum Gasteiger partial charge on any atom is 0.164 e. The Morgan fingerprint density at radius 2 is 0.667 bits per heavy atom. The number of rotatable bonds is 3. The number of aromatic nitrogens is 3. The van der Waals surface area contributed by atoms with Gasteiger partial charge in [0.05, 0.1) is 10.8 Å². The molecule has 3 aliphatic carbocycles. The van der Waals surface area contributed by atoms with Crippen molar-refractivity contribution in [2.24, 2.45) is 0 Å². The minimum absolute atomic E-state index is 0.158. The van der Waals surface area contributed by atoms with Crippen molar-refractivity contribution in [3.63, 3.8) is 0 Å². The molecule has 310 valence electrons. The Bertz CT molecular complexity index is 3590. The summed E-state index contributed by atoms with van der Waals surface area (Å²) in [5.74, 6) is 1.96. The first kappa shape index (κ1) is 37.7. The summed E-state index contributed by atoms with van der Waals surface area (Å²) in [6, 6.07) is 78.6. The van der Waals surface area contributed by atoms with Gasteiger partial charge < -0.3 is 0 Å². The lowest BCUT2D eigenvalue weighted by Crippen LogP contribution is -2.45. The third-order valence-electron chi connectivity index (χ3n) is 15.1. The third kappa shape index (κ3) is 4.86. The van der Waals surface area contributed by atoms with Crippen LogP contribution in [0.25, 0.3) is 56.4 Å². The lowest BCUT2D eigenvalue weighted by Gasteiger charge is -2.51. The molecule has 0 radical (unpaired) electrons. The largest absolute Gasteiger partial charge is 0.208 e. The van der Waals surface area contributed by atoms with Gasteiger partial charge in [0, 0.05) is 31.9 Å². The van der Waals surface area contributed by atoms with Crippen LogP contribution >= 0.6 is 11.8 Å². The van der Waals surface area contributed by atoms with E-state index in [0.29, 0.717) is 17.5 Å².